The average Bonchev–Trinajstić information content (AvgIpc) is 3.00. The molecule has 0 heterocycles. The molecule has 1 fully saturated rings. The van der Waals surface area contributed by atoms with Crippen molar-refractivity contribution in [2.75, 3.05) is 0 Å². The van der Waals surface area contributed by atoms with Crippen LogP contribution in [0.3, 0.4) is 0 Å². The third-order valence-electron chi connectivity index (χ3n) is 2.37. The Morgan fingerprint density at radius 2 is 2.25 bits per heavy atom. The van der Waals surface area contributed by atoms with Crippen molar-refractivity contribution in [3.05, 3.63) is 34.1 Å². The molecular weight excluding hydrogens is 275 g/mol. The van der Waals surface area contributed by atoms with Crippen LogP contribution in [0.25, 0.3) is 0 Å². The van der Waals surface area contributed by atoms with E-state index in [9.17, 15) is 9.18 Å². The minimum atomic E-state index is -0.318. The minimum absolute atomic E-state index is 0.206. The van der Waals surface area contributed by atoms with Gasteiger partial charge in [0.25, 0.3) is 0 Å². The highest BCUT2D eigenvalue weighted by atomic mass is 79.9. The molecule has 16 heavy (non-hydrogen) atoms. The van der Waals surface area contributed by atoms with E-state index < -0.39 is 0 Å². The van der Waals surface area contributed by atoms with Gasteiger partial charge in [-0.3, -0.25) is 0 Å². The van der Waals surface area contributed by atoms with E-state index in [0.717, 1.165) is 12.8 Å². The Labute approximate surface area is 102 Å². The monoisotopic (exact) mass is 286 g/mol. The number of carbonyl (C=O) groups excluding carboxylic acids is 1. The zero-order valence-corrected chi connectivity index (χ0v) is 10.2. The summed E-state index contributed by atoms with van der Waals surface area (Å²) in [6.07, 6.45) is 2.08. The van der Waals surface area contributed by atoms with Gasteiger partial charge in [-0.15, -0.1) is 0 Å². The van der Waals surface area contributed by atoms with Crippen molar-refractivity contribution < 1.29 is 9.18 Å². The van der Waals surface area contributed by atoms with Crippen molar-refractivity contribution in [2.24, 2.45) is 0 Å². The summed E-state index contributed by atoms with van der Waals surface area (Å²) in [7, 11) is 0. The molecule has 2 amide bonds. The maximum absolute atomic E-state index is 13.4. The molecule has 0 atom stereocenters. The van der Waals surface area contributed by atoms with E-state index in [1.807, 2.05) is 0 Å². The molecule has 0 spiro atoms. The van der Waals surface area contributed by atoms with Crippen molar-refractivity contribution in [3.63, 3.8) is 0 Å². The number of rotatable bonds is 3. The van der Waals surface area contributed by atoms with Gasteiger partial charge in [0.1, 0.15) is 5.82 Å². The standard InChI is InChI=1S/C11H12BrFN2O/c12-8-2-1-7(10(13)5-8)6-14-11(16)15-9-3-4-9/h1-2,5,9H,3-4,6H2,(H2,14,15,16). The number of halogens is 2. The Balaban J connectivity index is 1.85. The van der Waals surface area contributed by atoms with E-state index in [4.69, 9.17) is 0 Å². The molecule has 1 aromatic carbocycles. The zero-order chi connectivity index (χ0) is 11.5. The van der Waals surface area contributed by atoms with E-state index in [0.29, 0.717) is 16.1 Å². The van der Waals surface area contributed by atoms with E-state index in [-0.39, 0.29) is 18.4 Å². The quantitative estimate of drug-likeness (QED) is 0.881. The average molecular weight is 287 g/mol. The lowest BCUT2D eigenvalue weighted by Gasteiger charge is -2.07. The molecule has 0 saturated heterocycles. The predicted molar refractivity (Wildman–Crippen MR) is 62.5 cm³/mol. The van der Waals surface area contributed by atoms with Crippen LogP contribution in [-0.4, -0.2) is 12.1 Å². The molecular formula is C11H12BrFN2O. The number of hydrogen-bond acceptors (Lipinski definition) is 1. The van der Waals surface area contributed by atoms with Gasteiger partial charge in [0.2, 0.25) is 0 Å². The molecule has 1 aromatic rings. The van der Waals surface area contributed by atoms with Crippen LogP contribution < -0.4 is 10.6 Å². The summed E-state index contributed by atoms with van der Waals surface area (Å²) in [6.45, 7) is 0.206. The molecule has 5 heteroatoms. The first-order chi connectivity index (χ1) is 7.65. The van der Waals surface area contributed by atoms with E-state index in [1.165, 1.54) is 6.07 Å². The molecule has 0 radical (unpaired) electrons. The van der Waals surface area contributed by atoms with Crippen LogP contribution in [0.15, 0.2) is 22.7 Å². The molecule has 0 bridgehead atoms. The molecule has 0 aliphatic heterocycles. The Hall–Kier alpha value is -1.10. The second kappa shape index (κ2) is 4.82. The Morgan fingerprint density at radius 3 is 2.88 bits per heavy atom. The number of urea groups is 1. The lowest BCUT2D eigenvalue weighted by atomic mass is 10.2. The molecule has 2 N–H and O–H groups in total. The fourth-order valence-electron chi connectivity index (χ4n) is 1.30. The largest absolute Gasteiger partial charge is 0.335 e. The molecule has 1 aliphatic rings. The van der Waals surface area contributed by atoms with Gasteiger partial charge >= 0.3 is 6.03 Å². The Bertz CT molecular complexity index is 407. The van der Waals surface area contributed by atoms with Crippen LogP contribution in [0.2, 0.25) is 0 Å². The van der Waals surface area contributed by atoms with Crippen molar-refractivity contribution >= 4 is 22.0 Å². The van der Waals surface area contributed by atoms with Gasteiger partial charge in [0, 0.05) is 22.6 Å². The SMILES string of the molecule is O=C(NCc1ccc(Br)cc1F)NC1CC1. The first kappa shape index (κ1) is 11.4. The summed E-state index contributed by atoms with van der Waals surface area (Å²) in [6, 6.07) is 4.87. The molecule has 86 valence electrons. The van der Waals surface area contributed by atoms with Crippen LogP contribution in [0.4, 0.5) is 9.18 Å². The smallest absolute Gasteiger partial charge is 0.315 e. The summed E-state index contributed by atoms with van der Waals surface area (Å²) in [5.74, 6) is -0.318. The van der Waals surface area contributed by atoms with Gasteiger partial charge in [0.15, 0.2) is 0 Å². The van der Waals surface area contributed by atoms with Crippen LogP contribution in [0, 0.1) is 5.82 Å². The molecule has 0 unspecified atom stereocenters. The normalized spacial score (nSPS) is 14.6. The predicted octanol–water partition coefficient (Wildman–Crippen LogP) is 2.55. The summed E-state index contributed by atoms with van der Waals surface area (Å²) in [5.41, 5.74) is 0.481. The van der Waals surface area contributed by atoms with Gasteiger partial charge in [-0.05, 0) is 25.0 Å². The van der Waals surface area contributed by atoms with Crippen LogP contribution in [0.1, 0.15) is 18.4 Å². The highest BCUT2D eigenvalue weighted by Crippen LogP contribution is 2.18. The fourth-order valence-corrected chi connectivity index (χ4v) is 1.64. The maximum atomic E-state index is 13.4. The van der Waals surface area contributed by atoms with E-state index in [2.05, 4.69) is 26.6 Å². The lowest BCUT2D eigenvalue weighted by Crippen LogP contribution is -2.36. The first-order valence-corrected chi connectivity index (χ1v) is 5.93. The van der Waals surface area contributed by atoms with Gasteiger partial charge in [0.05, 0.1) is 0 Å². The third-order valence-corrected chi connectivity index (χ3v) is 2.86. The lowest BCUT2D eigenvalue weighted by molar-refractivity contribution is 0.240. The number of benzene rings is 1. The fraction of sp³-hybridized carbons (Fsp3) is 0.364. The highest BCUT2D eigenvalue weighted by molar-refractivity contribution is 9.10. The second-order valence-electron chi connectivity index (χ2n) is 3.84. The van der Waals surface area contributed by atoms with Gasteiger partial charge in [-0.25, -0.2) is 9.18 Å². The van der Waals surface area contributed by atoms with Crippen molar-refractivity contribution in [2.45, 2.75) is 25.4 Å². The summed E-state index contributed by atoms with van der Waals surface area (Å²) in [5, 5.41) is 5.40. The Morgan fingerprint density at radius 1 is 1.50 bits per heavy atom. The summed E-state index contributed by atoms with van der Waals surface area (Å²) >= 11 is 3.18. The number of hydrogen-bond donors (Lipinski definition) is 2. The molecule has 2 rings (SSSR count). The highest BCUT2D eigenvalue weighted by Gasteiger charge is 2.22. The number of nitrogens with one attached hydrogen (secondary N) is 2. The van der Waals surface area contributed by atoms with Crippen molar-refractivity contribution in [1.82, 2.24) is 10.6 Å². The second-order valence-corrected chi connectivity index (χ2v) is 4.75. The maximum Gasteiger partial charge on any atom is 0.315 e. The van der Waals surface area contributed by atoms with Gasteiger partial charge < -0.3 is 10.6 Å². The van der Waals surface area contributed by atoms with Gasteiger partial charge in [-0.2, -0.15) is 0 Å². The number of amides is 2. The van der Waals surface area contributed by atoms with Crippen molar-refractivity contribution in [1.29, 1.82) is 0 Å². The van der Waals surface area contributed by atoms with Crippen LogP contribution >= 0.6 is 15.9 Å². The van der Waals surface area contributed by atoms with E-state index >= 15 is 0 Å². The van der Waals surface area contributed by atoms with Crippen LogP contribution in [0.5, 0.6) is 0 Å². The molecule has 0 aromatic heterocycles. The minimum Gasteiger partial charge on any atom is -0.335 e. The summed E-state index contributed by atoms with van der Waals surface area (Å²) in [4.78, 5) is 11.3. The zero-order valence-electron chi connectivity index (χ0n) is 8.59. The topological polar surface area (TPSA) is 41.1 Å². The van der Waals surface area contributed by atoms with Gasteiger partial charge in [-0.1, -0.05) is 22.0 Å². The first-order valence-electron chi connectivity index (χ1n) is 5.13. The summed E-state index contributed by atoms with van der Waals surface area (Å²) < 4.78 is 14.1. The van der Waals surface area contributed by atoms with Crippen LogP contribution in [-0.2, 0) is 6.54 Å². The van der Waals surface area contributed by atoms with E-state index in [1.54, 1.807) is 12.1 Å². The molecule has 3 nitrogen and oxygen atoms in total. The van der Waals surface area contributed by atoms with Crippen molar-refractivity contribution in [3.8, 4) is 0 Å². The Kier molecular flexibility index (Phi) is 3.43. The molecule has 1 saturated carbocycles. The molecule has 1 aliphatic carbocycles. The number of carbonyl (C=O) groups is 1. The third kappa shape index (κ3) is 3.20.